The van der Waals surface area contributed by atoms with Gasteiger partial charge in [0.2, 0.25) is 0 Å². The molecular formula is C18H23BrN4S. The molecule has 1 aromatic heterocycles. The van der Waals surface area contributed by atoms with Gasteiger partial charge >= 0.3 is 0 Å². The van der Waals surface area contributed by atoms with Crippen LogP contribution in [0.1, 0.15) is 35.9 Å². The maximum absolute atomic E-state index is 4.71. The lowest BCUT2D eigenvalue weighted by atomic mass is 9.96. The van der Waals surface area contributed by atoms with Crippen LogP contribution in [0.5, 0.6) is 0 Å². The standard InChI is InChI=1S/C18H23BrN4S/c1-3-20-17(21-10-16-13(2)23-12-24-16)22-11-18(7-8-18)14-5-4-6-15(19)9-14/h4-6,9,12H,3,7-8,10-11H2,1-2H3,(H2,20,21,22). The van der Waals surface area contributed by atoms with Crippen molar-refractivity contribution in [3.05, 3.63) is 50.4 Å². The molecule has 2 N–H and O–H groups in total. The van der Waals surface area contributed by atoms with Gasteiger partial charge in [0.1, 0.15) is 0 Å². The Bertz CT molecular complexity index is 721. The van der Waals surface area contributed by atoms with E-state index < -0.39 is 0 Å². The van der Waals surface area contributed by atoms with E-state index in [2.05, 4.69) is 62.7 Å². The predicted molar refractivity (Wildman–Crippen MR) is 105 cm³/mol. The number of halogens is 1. The van der Waals surface area contributed by atoms with Crippen molar-refractivity contribution in [1.82, 2.24) is 15.6 Å². The molecule has 0 unspecified atom stereocenters. The summed E-state index contributed by atoms with van der Waals surface area (Å²) in [5, 5.41) is 6.87. The molecule has 3 rings (SSSR count). The highest BCUT2D eigenvalue weighted by atomic mass is 79.9. The third-order valence-electron chi connectivity index (χ3n) is 4.45. The molecular weight excluding hydrogens is 384 g/mol. The average Bonchev–Trinajstić information content (AvgIpc) is 3.26. The summed E-state index contributed by atoms with van der Waals surface area (Å²) in [7, 11) is 0. The van der Waals surface area contributed by atoms with Gasteiger partial charge in [0, 0.05) is 27.9 Å². The van der Waals surface area contributed by atoms with Crippen LogP contribution >= 0.6 is 27.3 Å². The third kappa shape index (κ3) is 4.16. The number of aryl methyl sites for hydroxylation is 1. The topological polar surface area (TPSA) is 49.3 Å². The number of nitrogens with one attached hydrogen (secondary N) is 2. The fraction of sp³-hybridized carbons (Fsp3) is 0.444. The fourth-order valence-electron chi connectivity index (χ4n) is 2.76. The molecule has 0 aliphatic heterocycles. The maximum Gasteiger partial charge on any atom is 0.191 e. The van der Waals surface area contributed by atoms with Crippen molar-refractivity contribution in [2.24, 2.45) is 4.99 Å². The summed E-state index contributed by atoms with van der Waals surface area (Å²) in [5.41, 5.74) is 4.61. The molecule has 0 bridgehead atoms. The van der Waals surface area contributed by atoms with Crippen molar-refractivity contribution < 1.29 is 0 Å². The van der Waals surface area contributed by atoms with Gasteiger partial charge in [0.25, 0.3) is 0 Å². The van der Waals surface area contributed by atoms with Crippen LogP contribution in [0.2, 0.25) is 0 Å². The summed E-state index contributed by atoms with van der Waals surface area (Å²) < 4.78 is 1.15. The molecule has 24 heavy (non-hydrogen) atoms. The van der Waals surface area contributed by atoms with Gasteiger partial charge < -0.3 is 10.6 Å². The molecule has 4 nitrogen and oxygen atoms in total. The van der Waals surface area contributed by atoms with E-state index in [1.807, 2.05) is 12.4 Å². The molecule has 0 saturated heterocycles. The minimum absolute atomic E-state index is 0.250. The monoisotopic (exact) mass is 406 g/mol. The van der Waals surface area contributed by atoms with Crippen molar-refractivity contribution in [3.63, 3.8) is 0 Å². The van der Waals surface area contributed by atoms with E-state index in [0.29, 0.717) is 6.54 Å². The molecule has 128 valence electrons. The van der Waals surface area contributed by atoms with Crippen molar-refractivity contribution in [1.29, 1.82) is 0 Å². The number of aliphatic imine (C=N–C) groups is 1. The molecule has 1 aliphatic rings. The summed E-state index contributed by atoms with van der Waals surface area (Å²) in [6.07, 6.45) is 2.45. The van der Waals surface area contributed by atoms with Crippen LogP contribution in [0.25, 0.3) is 0 Å². The van der Waals surface area contributed by atoms with Crippen molar-refractivity contribution in [2.75, 3.05) is 13.1 Å². The quantitative estimate of drug-likeness (QED) is 0.562. The Labute approximate surface area is 155 Å². The molecule has 1 heterocycles. The first-order chi connectivity index (χ1) is 11.6. The normalized spacial score (nSPS) is 16.0. The Morgan fingerprint density at radius 1 is 1.38 bits per heavy atom. The minimum Gasteiger partial charge on any atom is -0.357 e. The van der Waals surface area contributed by atoms with Crippen LogP contribution < -0.4 is 10.6 Å². The molecule has 0 atom stereocenters. The predicted octanol–water partition coefficient (Wildman–Crippen LogP) is 4.00. The van der Waals surface area contributed by atoms with Crippen LogP contribution in [0.15, 0.2) is 39.2 Å². The Morgan fingerprint density at radius 3 is 2.83 bits per heavy atom. The van der Waals surface area contributed by atoms with Crippen LogP contribution in [-0.2, 0) is 12.0 Å². The summed E-state index contributed by atoms with van der Waals surface area (Å²) in [5.74, 6) is 0.881. The molecule has 0 radical (unpaired) electrons. The van der Waals surface area contributed by atoms with E-state index in [0.717, 1.165) is 29.2 Å². The van der Waals surface area contributed by atoms with Gasteiger partial charge in [-0.05, 0) is 44.4 Å². The second-order valence-electron chi connectivity index (χ2n) is 6.20. The highest BCUT2D eigenvalue weighted by Crippen LogP contribution is 2.48. The van der Waals surface area contributed by atoms with E-state index in [1.54, 1.807) is 11.3 Å². The van der Waals surface area contributed by atoms with Crippen LogP contribution in [0, 0.1) is 6.92 Å². The van der Waals surface area contributed by atoms with Gasteiger partial charge in [-0.2, -0.15) is 0 Å². The largest absolute Gasteiger partial charge is 0.357 e. The average molecular weight is 407 g/mol. The van der Waals surface area contributed by atoms with E-state index in [9.17, 15) is 0 Å². The van der Waals surface area contributed by atoms with Crippen LogP contribution in [0.4, 0.5) is 0 Å². The second-order valence-corrected chi connectivity index (χ2v) is 8.06. The highest BCUT2D eigenvalue weighted by molar-refractivity contribution is 9.10. The fourth-order valence-corrected chi connectivity index (χ4v) is 3.86. The Kier molecular flexibility index (Phi) is 5.56. The van der Waals surface area contributed by atoms with Gasteiger partial charge in [0.15, 0.2) is 5.96 Å². The molecule has 0 spiro atoms. The third-order valence-corrected chi connectivity index (χ3v) is 5.87. The van der Waals surface area contributed by atoms with Gasteiger partial charge in [-0.25, -0.2) is 9.98 Å². The first-order valence-corrected chi connectivity index (χ1v) is 9.97. The van der Waals surface area contributed by atoms with Gasteiger partial charge in [0.05, 0.1) is 17.7 Å². The lowest BCUT2D eigenvalue weighted by molar-refractivity contribution is 0.645. The van der Waals surface area contributed by atoms with Crippen molar-refractivity contribution in [2.45, 2.75) is 38.6 Å². The lowest BCUT2D eigenvalue weighted by Crippen LogP contribution is -2.41. The number of rotatable bonds is 6. The number of benzene rings is 1. The first kappa shape index (κ1) is 17.4. The van der Waals surface area contributed by atoms with Crippen molar-refractivity contribution >= 4 is 33.2 Å². The van der Waals surface area contributed by atoms with Gasteiger partial charge in [-0.15, -0.1) is 11.3 Å². The molecule has 1 saturated carbocycles. The molecule has 1 aromatic carbocycles. The Balaban J connectivity index is 1.65. The molecule has 6 heteroatoms. The Hall–Kier alpha value is -1.40. The first-order valence-electron chi connectivity index (χ1n) is 8.30. The maximum atomic E-state index is 4.71. The zero-order valence-electron chi connectivity index (χ0n) is 14.1. The van der Waals surface area contributed by atoms with Crippen LogP contribution in [-0.4, -0.2) is 24.0 Å². The summed E-state index contributed by atoms with van der Waals surface area (Å²) in [4.78, 5) is 10.2. The number of thiazole rings is 1. The van der Waals surface area contributed by atoms with E-state index in [4.69, 9.17) is 4.99 Å². The Morgan fingerprint density at radius 2 is 2.21 bits per heavy atom. The molecule has 2 aromatic rings. The number of aromatic nitrogens is 1. The van der Waals surface area contributed by atoms with E-state index >= 15 is 0 Å². The second kappa shape index (κ2) is 7.66. The smallest absolute Gasteiger partial charge is 0.191 e. The molecule has 1 fully saturated rings. The number of guanidine groups is 1. The van der Waals surface area contributed by atoms with E-state index in [-0.39, 0.29) is 5.41 Å². The molecule has 1 aliphatic carbocycles. The number of nitrogens with zero attached hydrogens (tertiary/aromatic N) is 2. The van der Waals surface area contributed by atoms with Crippen LogP contribution in [0.3, 0.4) is 0 Å². The number of hydrogen-bond acceptors (Lipinski definition) is 3. The van der Waals surface area contributed by atoms with Crippen molar-refractivity contribution in [3.8, 4) is 0 Å². The number of hydrogen-bond donors (Lipinski definition) is 2. The summed E-state index contributed by atoms with van der Waals surface area (Å²) in [6.45, 7) is 6.58. The SMILES string of the molecule is CCNC(=NCc1scnc1C)NCC1(c2cccc(Br)c2)CC1. The lowest BCUT2D eigenvalue weighted by Gasteiger charge is -2.19. The highest BCUT2D eigenvalue weighted by Gasteiger charge is 2.44. The van der Waals surface area contributed by atoms with Gasteiger partial charge in [-0.3, -0.25) is 0 Å². The molecule has 0 amide bonds. The minimum atomic E-state index is 0.250. The summed E-state index contributed by atoms with van der Waals surface area (Å²) >= 11 is 5.24. The summed E-state index contributed by atoms with van der Waals surface area (Å²) in [6, 6.07) is 8.66. The van der Waals surface area contributed by atoms with E-state index in [1.165, 1.54) is 23.3 Å². The van der Waals surface area contributed by atoms with Gasteiger partial charge in [-0.1, -0.05) is 28.1 Å². The zero-order valence-corrected chi connectivity index (χ0v) is 16.5. The zero-order chi connectivity index (χ0) is 17.0.